The maximum Gasteiger partial charge on any atom is 0.243 e. The number of ether oxygens (including phenoxy) is 1. The highest BCUT2D eigenvalue weighted by Gasteiger charge is 2.70. The highest BCUT2D eigenvalue weighted by atomic mass is 32.1. The van der Waals surface area contributed by atoms with Gasteiger partial charge >= 0.3 is 0 Å². The Hall–Kier alpha value is -0.910. The van der Waals surface area contributed by atoms with Crippen LogP contribution in [-0.2, 0) is 16.0 Å². The van der Waals surface area contributed by atoms with Gasteiger partial charge in [0.15, 0.2) is 0 Å². The molecule has 1 aromatic rings. The Morgan fingerprint density at radius 3 is 3.00 bits per heavy atom. The lowest BCUT2D eigenvalue weighted by molar-refractivity contribution is -0.229. The van der Waals surface area contributed by atoms with Gasteiger partial charge in [0.1, 0.15) is 5.54 Å². The fraction of sp³-hybridized carbons (Fsp3) is 0.706. The second-order valence-corrected chi connectivity index (χ2v) is 8.22. The zero-order valence-corrected chi connectivity index (χ0v) is 14.5. The first-order valence-corrected chi connectivity index (χ1v) is 8.95. The Morgan fingerprint density at radius 1 is 1.55 bits per heavy atom. The molecule has 1 saturated heterocycles. The quantitative estimate of drug-likeness (QED) is 0.925. The molecular weight excluding hydrogens is 296 g/mol. The van der Waals surface area contributed by atoms with Gasteiger partial charge in [-0.25, -0.2) is 0 Å². The molecule has 22 heavy (non-hydrogen) atoms. The van der Waals surface area contributed by atoms with E-state index in [-0.39, 0.29) is 23.3 Å². The first-order valence-electron chi connectivity index (χ1n) is 8.07. The molecule has 0 spiro atoms. The Bertz CT molecular complexity index is 543. The third-order valence-electron chi connectivity index (χ3n) is 5.66. The molecular formula is C17H26N2O2S. The summed E-state index contributed by atoms with van der Waals surface area (Å²) in [7, 11) is 1.87. The van der Waals surface area contributed by atoms with Gasteiger partial charge in [0.05, 0.1) is 6.10 Å². The molecule has 4 nitrogen and oxygen atoms in total. The largest absolute Gasteiger partial charge is 0.377 e. The topological polar surface area (TPSA) is 55.6 Å². The number of nitrogens with zero attached hydrogens (tertiary/aromatic N) is 1. The molecule has 1 aliphatic carbocycles. The number of thiophene rings is 1. The van der Waals surface area contributed by atoms with Gasteiger partial charge in [-0.15, -0.1) is 11.3 Å². The van der Waals surface area contributed by atoms with Crippen LogP contribution in [0.25, 0.3) is 0 Å². The van der Waals surface area contributed by atoms with E-state index in [1.807, 2.05) is 18.0 Å². The van der Waals surface area contributed by atoms with Crippen molar-refractivity contribution in [3.63, 3.8) is 0 Å². The van der Waals surface area contributed by atoms with Crippen LogP contribution >= 0.6 is 11.3 Å². The van der Waals surface area contributed by atoms with Crippen molar-refractivity contribution >= 4 is 17.2 Å². The predicted octanol–water partition coefficient (Wildman–Crippen LogP) is 2.28. The molecule has 2 aliphatic rings. The van der Waals surface area contributed by atoms with Gasteiger partial charge in [0.2, 0.25) is 5.91 Å². The van der Waals surface area contributed by atoms with Crippen LogP contribution in [0, 0.1) is 11.3 Å². The van der Waals surface area contributed by atoms with Crippen LogP contribution in [0.4, 0.5) is 0 Å². The molecule has 1 aliphatic heterocycles. The van der Waals surface area contributed by atoms with Crippen LogP contribution in [-0.4, -0.2) is 42.6 Å². The molecule has 3 atom stereocenters. The summed E-state index contributed by atoms with van der Waals surface area (Å²) in [6, 6.07) is 4.16. The number of carbonyl (C=O) groups is 1. The lowest BCUT2D eigenvalue weighted by Gasteiger charge is -2.65. The fourth-order valence-electron chi connectivity index (χ4n) is 4.16. The summed E-state index contributed by atoms with van der Waals surface area (Å²) in [6.07, 6.45) is 3.01. The third-order valence-corrected chi connectivity index (χ3v) is 6.60. The Kier molecular flexibility index (Phi) is 4.08. The van der Waals surface area contributed by atoms with Crippen LogP contribution in [0.1, 0.15) is 31.6 Å². The first-order chi connectivity index (χ1) is 10.4. The van der Waals surface area contributed by atoms with Crippen molar-refractivity contribution in [1.82, 2.24) is 4.90 Å². The van der Waals surface area contributed by atoms with Gasteiger partial charge in [-0.3, -0.25) is 4.79 Å². The number of fused-ring (bicyclic) bond motifs is 1. The normalized spacial score (nSPS) is 32.9. The van der Waals surface area contributed by atoms with Crippen LogP contribution in [0.5, 0.6) is 0 Å². The molecule has 0 aromatic carbocycles. The Morgan fingerprint density at radius 2 is 2.32 bits per heavy atom. The van der Waals surface area contributed by atoms with E-state index in [0.29, 0.717) is 6.54 Å². The standard InChI is InChI=1S/C17H26N2O2S/c1-16(2)14-13(7-4-10-21-14)17(16,18)15(20)19(3)9-8-12-6-5-11-22-12/h5-6,11,13-14H,4,7-10,18H2,1-3H3. The van der Waals surface area contributed by atoms with Gasteiger partial charge in [0.25, 0.3) is 0 Å². The number of amides is 1. The van der Waals surface area contributed by atoms with E-state index in [1.54, 1.807) is 11.3 Å². The Balaban J connectivity index is 1.69. The molecule has 1 amide bonds. The summed E-state index contributed by atoms with van der Waals surface area (Å²) in [5.74, 6) is 0.230. The second kappa shape index (κ2) is 5.62. The molecule has 2 heterocycles. The highest BCUT2D eigenvalue weighted by Crippen LogP contribution is 2.57. The summed E-state index contributed by atoms with van der Waals surface area (Å²) in [5, 5.41) is 2.07. The van der Waals surface area contributed by atoms with Gasteiger partial charge in [-0.2, -0.15) is 0 Å². The summed E-state index contributed by atoms with van der Waals surface area (Å²) in [4.78, 5) is 16.1. The highest BCUT2D eigenvalue weighted by molar-refractivity contribution is 7.09. The van der Waals surface area contributed by atoms with Crippen LogP contribution in [0.2, 0.25) is 0 Å². The van der Waals surface area contributed by atoms with Crippen LogP contribution in [0.15, 0.2) is 17.5 Å². The van der Waals surface area contributed by atoms with Crippen molar-refractivity contribution in [1.29, 1.82) is 0 Å². The van der Waals surface area contributed by atoms with Crippen molar-refractivity contribution in [2.45, 2.75) is 44.8 Å². The molecule has 0 bridgehead atoms. The summed E-state index contributed by atoms with van der Waals surface area (Å²) in [6.45, 7) is 5.66. The molecule has 5 heteroatoms. The van der Waals surface area contributed by atoms with Crippen molar-refractivity contribution in [3.8, 4) is 0 Å². The maximum absolute atomic E-state index is 13.0. The number of nitrogens with two attached hydrogens (primary N) is 1. The summed E-state index contributed by atoms with van der Waals surface area (Å²) < 4.78 is 5.89. The van der Waals surface area contributed by atoms with E-state index in [2.05, 4.69) is 25.3 Å². The summed E-state index contributed by atoms with van der Waals surface area (Å²) in [5.41, 5.74) is 5.57. The van der Waals surface area contributed by atoms with E-state index in [0.717, 1.165) is 25.9 Å². The average Bonchev–Trinajstić information content (AvgIpc) is 3.04. The lowest BCUT2D eigenvalue weighted by Crippen LogP contribution is -2.82. The van der Waals surface area contributed by atoms with Crippen molar-refractivity contribution in [2.75, 3.05) is 20.2 Å². The van der Waals surface area contributed by atoms with Gasteiger partial charge in [0, 0.05) is 36.4 Å². The number of hydrogen-bond acceptors (Lipinski definition) is 4. The van der Waals surface area contributed by atoms with Gasteiger partial charge in [-0.05, 0) is 30.7 Å². The fourth-order valence-corrected chi connectivity index (χ4v) is 4.86. The van der Waals surface area contributed by atoms with Crippen LogP contribution in [0.3, 0.4) is 0 Å². The van der Waals surface area contributed by atoms with E-state index in [4.69, 9.17) is 10.5 Å². The minimum absolute atomic E-state index is 0.0702. The minimum atomic E-state index is -0.789. The maximum atomic E-state index is 13.0. The second-order valence-electron chi connectivity index (χ2n) is 7.19. The van der Waals surface area contributed by atoms with Gasteiger partial charge in [-0.1, -0.05) is 19.9 Å². The molecule has 122 valence electrons. The monoisotopic (exact) mass is 322 g/mol. The lowest BCUT2D eigenvalue weighted by atomic mass is 9.46. The molecule has 3 rings (SSSR count). The number of hydrogen-bond donors (Lipinski definition) is 1. The van der Waals surface area contributed by atoms with E-state index < -0.39 is 5.54 Å². The molecule has 1 saturated carbocycles. The number of carbonyl (C=O) groups excluding carboxylic acids is 1. The molecule has 0 radical (unpaired) electrons. The molecule has 3 unspecified atom stereocenters. The molecule has 1 aromatic heterocycles. The van der Waals surface area contributed by atoms with Crippen molar-refractivity contribution in [3.05, 3.63) is 22.4 Å². The molecule has 2 N–H and O–H groups in total. The zero-order valence-electron chi connectivity index (χ0n) is 13.7. The van der Waals surface area contributed by atoms with Crippen molar-refractivity contribution in [2.24, 2.45) is 17.1 Å². The average molecular weight is 322 g/mol. The van der Waals surface area contributed by atoms with Crippen LogP contribution < -0.4 is 5.73 Å². The SMILES string of the molecule is CN(CCc1cccs1)C(=O)C1(N)C2CCCOC2C1(C)C. The smallest absolute Gasteiger partial charge is 0.243 e. The number of rotatable bonds is 4. The first kappa shape index (κ1) is 16.0. The minimum Gasteiger partial charge on any atom is -0.377 e. The Labute approximate surface area is 136 Å². The van der Waals surface area contributed by atoms with E-state index in [1.165, 1.54) is 4.88 Å². The zero-order chi connectivity index (χ0) is 16.0. The molecule has 2 fully saturated rings. The van der Waals surface area contributed by atoms with E-state index in [9.17, 15) is 4.79 Å². The number of likely N-dealkylation sites (N-methyl/N-ethyl adjacent to an activating group) is 1. The van der Waals surface area contributed by atoms with E-state index >= 15 is 0 Å². The van der Waals surface area contributed by atoms with Gasteiger partial charge < -0.3 is 15.4 Å². The van der Waals surface area contributed by atoms with Crippen molar-refractivity contribution < 1.29 is 9.53 Å². The summed E-state index contributed by atoms with van der Waals surface area (Å²) >= 11 is 1.73. The predicted molar refractivity (Wildman–Crippen MR) is 88.8 cm³/mol. The third kappa shape index (κ3) is 2.22.